The molecule has 1 aromatic rings. The van der Waals surface area contributed by atoms with Crippen LogP contribution in [-0.2, 0) is 4.79 Å². The van der Waals surface area contributed by atoms with E-state index in [9.17, 15) is 15.0 Å². The van der Waals surface area contributed by atoms with Crippen molar-refractivity contribution in [3.63, 3.8) is 0 Å². The summed E-state index contributed by atoms with van der Waals surface area (Å²) in [6.45, 7) is 0. The summed E-state index contributed by atoms with van der Waals surface area (Å²) in [5.41, 5.74) is 0.0179. The lowest BCUT2D eigenvalue weighted by atomic mass is 10.1. The Bertz CT molecular complexity index is 351. The van der Waals surface area contributed by atoms with Crippen molar-refractivity contribution in [1.29, 1.82) is 0 Å². The predicted molar refractivity (Wildman–Crippen MR) is 52.5 cm³/mol. The van der Waals surface area contributed by atoms with E-state index in [2.05, 4.69) is 0 Å². The van der Waals surface area contributed by atoms with Gasteiger partial charge in [-0.25, -0.2) is 4.79 Å². The molecule has 4 nitrogen and oxygen atoms in total. The van der Waals surface area contributed by atoms with Crippen LogP contribution in [0.3, 0.4) is 0 Å². The van der Waals surface area contributed by atoms with Crippen molar-refractivity contribution < 1.29 is 20.1 Å². The molecule has 1 atom stereocenters. The van der Waals surface area contributed by atoms with E-state index in [0.29, 0.717) is 0 Å². The number of hydrogen-bond donors (Lipinski definition) is 3. The van der Waals surface area contributed by atoms with E-state index in [1.54, 1.807) is 6.07 Å². The topological polar surface area (TPSA) is 77.8 Å². The zero-order valence-electron chi connectivity index (χ0n) is 7.47. The lowest BCUT2D eigenvalue weighted by molar-refractivity contribution is -0.147. The molecule has 0 amide bonds. The Morgan fingerprint density at radius 2 is 2.14 bits per heavy atom. The summed E-state index contributed by atoms with van der Waals surface area (Å²) in [7, 11) is 0. The fraction of sp³-hybridized carbons (Fsp3) is 0.222. The second kappa shape index (κ2) is 4.34. The number of carbonyl (C=O) groups is 1. The zero-order valence-corrected chi connectivity index (χ0v) is 8.28. The van der Waals surface area contributed by atoms with Crippen LogP contribution in [0.15, 0.2) is 23.1 Å². The molecule has 0 heterocycles. The van der Waals surface area contributed by atoms with E-state index in [1.807, 2.05) is 6.26 Å². The van der Waals surface area contributed by atoms with Crippen LogP contribution in [0.25, 0.3) is 0 Å². The van der Waals surface area contributed by atoms with Crippen molar-refractivity contribution in [2.75, 3.05) is 6.26 Å². The smallest absolute Gasteiger partial charge is 0.337 e. The Labute approximate surface area is 85.2 Å². The summed E-state index contributed by atoms with van der Waals surface area (Å²) < 4.78 is 0. The number of aliphatic carboxylic acids is 1. The molecule has 0 aliphatic carbocycles. The number of phenols is 1. The highest BCUT2D eigenvalue weighted by Gasteiger charge is 2.19. The first kappa shape index (κ1) is 10.9. The van der Waals surface area contributed by atoms with Crippen molar-refractivity contribution in [3.8, 4) is 5.75 Å². The highest BCUT2D eigenvalue weighted by Crippen LogP contribution is 2.28. The number of carboxylic acids is 1. The van der Waals surface area contributed by atoms with Gasteiger partial charge in [-0.2, -0.15) is 0 Å². The van der Waals surface area contributed by atoms with Crippen LogP contribution in [0.1, 0.15) is 11.7 Å². The van der Waals surface area contributed by atoms with Gasteiger partial charge in [0.1, 0.15) is 5.75 Å². The average molecular weight is 214 g/mol. The molecule has 3 N–H and O–H groups in total. The molecule has 0 saturated heterocycles. The second-order valence-corrected chi connectivity index (χ2v) is 3.55. The molecule has 76 valence electrons. The molecular formula is C9H10O4S. The summed E-state index contributed by atoms with van der Waals surface area (Å²) in [6, 6.07) is 4.48. The van der Waals surface area contributed by atoms with Gasteiger partial charge < -0.3 is 15.3 Å². The van der Waals surface area contributed by atoms with E-state index in [-0.39, 0.29) is 11.3 Å². The minimum atomic E-state index is -1.68. The number of thioether (sulfide) groups is 1. The Hall–Kier alpha value is -1.20. The third-order valence-corrected chi connectivity index (χ3v) is 2.49. The molecule has 1 aromatic carbocycles. The normalized spacial score (nSPS) is 12.4. The van der Waals surface area contributed by atoms with Gasteiger partial charge >= 0.3 is 5.97 Å². The van der Waals surface area contributed by atoms with Gasteiger partial charge in [-0.3, -0.25) is 0 Å². The van der Waals surface area contributed by atoms with Crippen molar-refractivity contribution in [2.24, 2.45) is 0 Å². The first-order valence-corrected chi connectivity index (χ1v) is 5.06. The number of hydrogen-bond acceptors (Lipinski definition) is 4. The molecule has 0 radical (unpaired) electrons. The maximum absolute atomic E-state index is 10.5. The maximum Gasteiger partial charge on any atom is 0.337 e. The Morgan fingerprint density at radius 1 is 1.50 bits per heavy atom. The van der Waals surface area contributed by atoms with Crippen LogP contribution >= 0.6 is 11.8 Å². The molecule has 0 bridgehead atoms. The molecule has 0 aromatic heterocycles. The van der Waals surface area contributed by atoms with Gasteiger partial charge in [0, 0.05) is 10.5 Å². The number of carboxylic acid groups (broad SMARTS) is 1. The molecule has 0 fully saturated rings. The fourth-order valence-corrected chi connectivity index (χ4v) is 1.46. The molecule has 0 saturated carbocycles. The highest BCUT2D eigenvalue weighted by molar-refractivity contribution is 7.98. The molecule has 1 rings (SSSR count). The highest BCUT2D eigenvalue weighted by atomic mass is 32.2. The van der Waals surface area contributed by atoms with Crippen molar-refractivity contribution in [2.45, 2.75) is 11.0 Å². The van der Waals surface area contributed by atoms with E-state index >= 15 is 0 Å². The first-order valence-electron chi connectivity index (χ1n) is 3.84. The monoisotopic (exact) mass is 214 g/mol. The average Bonchev–Trinajstić information content (AvgIpc) is 2.17. The standard InChI is InChI=1S/C9H10O4S/c1-14-5-2-3-7(10)6(4-5)8(11)9(12)13/h2-4,8,10-11H,1H3,(H,12,13). The third kappa shape index (κ3) is 2.18. The van der Waals surface area contributed by atoms with Crippen molar-refractivity contribution >= 4 is 17.7 Å². The SMILES string of the molecule is CSc1ccc(O)c(C(O)C(=O)O)c1. The Morgan fingerprint density at radius 3 is 2.64 bits per heavy atom. The van der Waals surface area contributed by atoms with E-state index < -0.39 is 12.1 Å². The van der Waals surface area contributed by atoms with Gasteiger partial charge in [0.05, 0.1) is 0 Å². The summed E-state index contributed by atoms with van der Waals surface area (Å²) in [5, 5.41) is 27.1. The summed E-state index contributed by atoms with van der Waals surface area (Å²) in [5.74, 6) is -1.59. The summed E-state index contributed by atoms with van der Waals surface area (Å²) in [6.07, 6.45) is 0.144. The van der Waals surface area contributed by atoms with E-state index in [0.717, 1.165) is 4.90 Å². The zero-order chi connectivity index (χ0) is 10.7. The van der Waals surface area contributed by atoms with E-state index in [4.69, 9.17) is 5.11 Å². The quantitative estimate of drug-likeness (QED) is 0.660. The number of aliphatic hydroxyl groups excluding tert-OH is 1. The molecule has 0 spiro atoms. The summed E-state index contributed by atoms with van der Waals surface area (Å²) in [4.78, 5) is 11.3. The molecule has 14 heavy (non-hydrogen) atoms. The number of benzene rings is 1. The Balaban J connectivity index is 3.11. The van der Waals surface area contributed by atoms with Crippen LogP contribution in [0.5, 0.6) is 5.75 Å². The summed E-state index contributed by atoms with van der Waals surface area (Å²) >= 11 is 1.41. The predicted octanol–water partition coefficient (Wildman–Crippen LogP) is 1.23. The minimum absolute atomic E-state index is 0.0179. The molecule has 5 heteroatoms. The lowest BCUT2D eigenvalue weighted by Crippen LogP contribution is -2.10. The number of phenolic OH excluding ortho intramolecular Hbond substituents is 1. The van der Waals surface area contributed by atoms with Gasteiger partial charge in [-0.05, 0) is 24.5 Å². The van der Waals surface area contributed by atoms with Crippen LogP contribution < -0.4 is 0 Å². The lowest BCUT2D eigenvalue weighted by Gasteiger charge is -2.09. The van der Waals surface area contributed by atoms with Crippen LogP contribution in [0, 0.1) is 0 Å². The fourth-order valence-electron chi connectivity index (χ4n) is 1.01. The van der Waals surface area contributed by atoms with Gasteiger partial charge in [0.25, 0.3) is 0 Å². The molecule has 0 aliphatic heterocycles. The molecule has 1 unspecified atom stereocenters. The Kier molecular flexibility index (Phi) is 3.38. The van der Waals surface area contributed by atoms with Crippen LogP contribution in [0.2, 0.25) is 0 Å². The number of aliphatic hydroxyl groups is 1. The van der Waals surface area contributed by atoms with Crippen molar-refractivity contribution in [3.05, 3.63) is 23.8 Å². The largest absolute Gasteiger partial charge is 0.508 e. The second-order valence-electron chi connectivity index (χ2n) is 2.67. The van der Waals surface area contributed by atoms with Gasteiger partial charge in [0.2, 0.25) is 0 Å². The maximum atomic E-state index is 10.5. The third-order valence-electron chi connectivity index (χ3n) is 1.76. The molecule has 0 aliphatic rings. The minimum Gasteiger partial charge on any atom is -0.508 e. The van der Waals surface area contributed by atoms with E-state index in [1.165, 1.54) is 23.9 Å². The van der Waals surface area contributed by atoms with Gasteiger partial charge in [0.15, 0.2) is 6.10 Å². The van der Waals surface area contributed by atoms with Crippen LogP contribution in [-0.4, -0.2) is 27.5 Å². The van der Waals surface area contributed by atoms with Gasteiger partial charge in [-0.15, -0.1) is 11.8 Å². The van der Waals surface area contributed by atoms with Crippen LogP contribution in [0.4, 0.5) is 0 Å². The van der Waals surface area contributed by atoms with Gasteiger partial charge in [-0.1, -0.05) is 0 Å². The van der Waals surface area contributed by atoms with Crippen molar-refractivity contribution in [1.82, 2.24) is 0 Å². The first-order chi connectivity index (χ1) is 6.56. The molecular weight excluding hydrogens is 204 g/mol. The number of aromatic hydroxyl groups is 1. The number of rotatable bonds is 3.